The van der Waals surface area contributed by atoms with Crippen molar-refractivity contribution in [2.45, 2.75) is 20.0 Å². The van der Waals surface area contributed by atoms with Gasteiger partial charge in [-0.15, -0.1) is 0 Å². The van der Waals surface area contributed by atoms with Crippen molar-refractivity contribution >= 4 is 20.9 Å². The fraction of sp³-hybridized carbons (Fsp3) is 0.200. The Labute approximate surface area is 115 Å². The summed E-state index contributed by atoms with van der Waals surface area (Å²) in [5, 5.41) is 0. The molecule has 3 nitrogen and oxygen atoms in total. The Morgan fingerprint density at radius 3 is 2.74 bits per heavy atom. The van der Waals surface area contributed by atoms with Crippen LogP contribution in [0.25, 0.3) is 0 Å². The van der Waals surface area contributed by atoms with Crippen LogP contribution in [0, 0.1) is 6.92 Å². The van der Waals surface area contributed by atoms with Crippen molar-refractivity contribution in [2.75, 3.05) is 0 Å². The first-order valence-corrected chi connectivity index (χ1v) is 8.60. The van der Waals surface area contributed by atoms with Gasteiger partial charge in [0, 0.05) is 6.20 Å². The van der Waals surface area contributed by atoms with E-state index in [1.807, 2.05) is 43.3 Å². The van der Waals surface area contributed by atoms with Gasteiger partial charge in [-0.3, -0.25) is 9.98 Å². The van der Waals surface area contributed by atoms with E-state index in [0.29, 0.717) is 0 Å². The van der Waals surface area contributed by atoms with Crippen molar-refractivity contribution in [3.63, 3.8) is 0 Å². The summed E-state index contributed by atoms with van der Waals surface area (Å²) < 4.78 is 5.83. The molecule has 0 aliphatic heterocycles. The normalized spacial score (nSPS) is 11.2. The molecule has 0 aliphatic rings. The SMILES string of the molecule is Cc1ccnc(C=Nc2ccccc2O[Si](C)C)c1. The maximum Gasteiger partial charge on any atom is 0.274 e. The van der Waals surface area contributed by atoms with Gasteiger partial charge in [-0.1, -0.05) is 12.1 Å². The van der Waals surface area contributed by atoms with E-state index in [-0.39, 0.29) is 0 Å². The van der Waals surface area contributed by atoms with Gasteiger partial charge < -0.3 is 4.43 Å². The van der Waals surface area contributed by atoms with Gasteiger partial charge in [0.15, 0.2) is 0 Å². The Bertz CT molecular complexity index is 582. The lowest BCUT2D eigenvalue weighted by Crippen LogP contribution is -2.11. The van der Waals surface area contributed by atoms with Gasteiger partial charge in [-0.05, 0) is 49.8 Å². The van der Waals surface area contributed by atoms with E-state index in [1.54, 1.807) is 12.4 Å². The lowest BCUT2D eigenvalue weighted by molar-refractivity contribution is 0.582. The summed E-state index contributed by atoms with van der Waals surface area (Å²) >= 11 is 0. The van der Waals surface area contributed by atoms with E-state index >= 15 is 0 Å². The van der Waals surface area contributed by atoms with E-state index < -0.39 is 9.04 Å². The zero-order valence-corrected chi connectivity index (χ0v) is 12.4. The fourth-order valence-corrected chi connectivity index (χ4v) is 2.25. The smallest absolute Gasteiger partial charge is 0.274 e. The minimum absolute atomic E-state index is 0.787. The third-order valence-electron chi connectivity index (χ3n) is 2.45. The van der Waals surface area contributed by atoms with Gasteiger partial charge in [0.05, 0.1) is 11.9 Å². The predicted molar refractivity (Wildman–Crippen MR) is 80.8 cm³/mol. The number of benzene rings is 1. The molecule has 0 aliphatic carbocycles. The van der Waals surface area contributed by atoms with Crippen molar-refractivity contribution in [1.82, 2.24) is 4.98 Å². The zero-order chi connectivity index (χ0) is 13.7. The van der Waals surface area contributed by atoms with Crippen LogP contribution in [0.2, 0.25) is 13.1 Å². The van der Waals surface area contributed by atoms with Gasteiger partial charge >= 0.3 is 0 Å². The first kappa shape index (κ1) is 13.5. The number of aliphatic imine (C=N–C) groups is 1. The minimum Gasteiger partial charge on any atom is -0.541 e. The van der Waals surface area contributed by atoms with Crippen molar-refractivity contribution in [1.29, 1.82) is 0 Å². The standard InChI is InChI=1S/C15H17N2OSi/c1-12-8-9-16-13(10-12)11-17-14-6-4-5-7-15(14)18-19(2)3/h4-11H,1-3H3. The van der Waals surface area contributed by atoms with Crippen LogP contribution in [0.1, 0.15) is 11.3 Å². The van der Waals surface area contributed by atoms with Crippen LogP contribution in [0.5, 0.6) is 5.75 Å². The van der Waals surface area contributed by atoms with Gasteiger partial charge in [0.2, 0.25) is 0 Å². The van der Waals surface area contributed by atoms with Crippen LogP contribution < -0.4 is 4.43 Å². The number of hydrogen-bond donors (Lipinski definition) is 0. The van der Waals surface area contributed by atoms with Crippen LogP contribution in [-0.2, 0) is 0 Å². The molecule has 2 aromatic rings. The summed E-state index contributed by atoms with van der Waals surface area (Å²) in [7, 11) is -0.787. The van der Waals surface area contributed by atoms with Gasteiger partial charge in [-0.25, -0.2) is 0 Å². The number of hydrogen-bond acceptors (Lipinski definition) is 3. The summed E-state index contributed by atoms with van der Waals surface area (Å²) in [4.78, 5) is 8.74. The van der Waals surface area contributed by atoms with Crippen LogP contribution in [0.3, 0.4) is 0 Å². The quantitative estimate of drug-likeness (QED) is 0.625. The Morgan fingerprint density at radius 2 is 2.00 bits per heavy atom. The average Bonchev–Trinajstić information content (AvgIpc) is 2.37. The number of rotatable bonds is 4. The average molecular weight is 269 g/mol. The highest BCUT2D eigenvalue weighted by Crippen LogP contribution is 2.27. The number of para-hydroxylation sites is 2. The summed E-state index contributed by atoms with van der Waals surface area (Å²) in [6.07, 6.45) is 3.56. The second-order valence-electron chi connectivity index (χ2n) is 4.49. The molecule has 1 radical (unpaired) electrons. The highest BCUT2D eigenvalue weighted by Gasteiger charge is 2.04. The van der Waals surface area contributed by atoms with Gasteiger partial charge in [0.25, 0.3) is 9.04 Å². The lowest BCUT2D eigenvalue weighted by atomic mass is 10.2. The first-order chi connectivity index (χ1) is 9.15. The first-order valence-electron chi connectivity index (χ1n) is 6.19. The van der Waals surface area contributed by atoms with E-state index in [2.05, 4.69) is 23.1 Å². The largest absolute Gasteiger partial charge is 0.541 e. The van der Waals surface area contributed by atoms with E-state index in [0.717, 1.165) is 17.1 Å². The molecule has 19 heavy (non-hydrogen) atoms. The monoisotopic (exact) mass is 269 g/mol. The molecule has 97 valence electrons. The second-order valence-corrected chi connectivity index (χ2v) is 6.51. The molecule has 1 aromatic heterocycles. The van der Waals surface area contributed by atoms with E-state index in [9.17, 15) is 0 Å². The van der Waals surface area contributed by atoms with Crippen molar-refractivity contribution in [3.8, 4) is 5.75 Å². The highest BCUT2D eigenvalue weighted by molar-refractivity contribution is 6.49. The second kappa shape index (κ2) is 6.29. The fourth-order valence-electron chi connectivity index (χ4n) is 1.64. The third kappa shape index (κ3) is 4.03. The molecule has 0 atom stereocenters. The molecular weight excluding hydrogens is 252 g/mol. The van der Waals surface area contributed by atoms with Gasteiger partial charge in [0.1, 0.15) is 11.4 Å². The molecule has 1 heterocycles. The number of aryl methyl sites for hydroxylation is 1. The minimum atomic E-state index is -0.787. The summed E-state index contributed by atoms with van der Waals surface area (Å²) in [5.74, 6) is 0.838. The topological polar surface area (TPSA) is 34.5 Å². The maximum absolute atomic E-state index is 5.83. The molecule has 0 amide bonds. The molecule has 2 rings (SSSR count). The lowest BCUT2D eigenvalue weighted by Gasteiger charge is -2.10. The van der Waals surface area contributed by atoms with Crippen LogP contribution in [-0.4, -0.2) is 20.2 Å². The van der Waals surface area contributed by atoms with Crippen LogP contribution in [0.4, 0.5) is 5.69 Å². The molecule has 0 bridgehead atoms. The number of pyridine rings is 1. The number of aromatic nitrogens is 1. The van der Waals surface area contributed by atoms with Crippen molar-refractivity contribution < 1.29 is 4.43 Å². The molecule has 4 heteroatoms. The summed E-state index contributed by atoms with van der Waals surface area (Å²) in [5.41, 5.74) is 2.87. The summed E-state index contributed by atoms with van der Waals surface area (Å²) in [6.45, 7) is 6.25. The molecule has 0 unspecified atom stereocenters. The van der Waals surface area contributed by atoms with Crippen molar-refractivity contribution in [2.24, 2.45) is 4.99 Å². The van der Waals surface area contributed by atoms with Crippen LogP contribution in [0.15, 0.2) is 47.6 Å². The molecule has 0 saturated heterocycles. The molecular formula is C15H17N2OSi. The zero-order valence-electron chi connectivity index (χ0n) is 11.4. The van der Waals surface area contributed by atoms with Crippen LogP contribution >= 0.6 is 0 Å². The Kier molecular flexibility index (Phi) is 4.47. The molecule has 1 aromatic carbocycles. The van der Waals surface area contributed by atoms with Gasteiger partial charge in [-0.2, -0.15) is 0 Å². The molecule has 0 fully saturated rings. The van der Waals surface area contributed by atoms with E-state index in [4.69, 9.17) is 4.43 Å². The Morgan fingerprint density at radius 1 is 1.21 bits per heavy atom. The predicted octanol–water partition coefficient (Wildman–Crippen LogP) is 3.77. The van der Waals surface area contributed by atoms with Crippen molar-refractivity contribution in [3.05, 3.63) is 53.9 Å². The Balaban J connectivity index is 2.23. The van der Waals surface area contributed by atoms with E-state index in [1.165, 1.54) is 5.56 Å². The third-order valence-corrected chi connectivity index (χ3v) is 3.08. The molecule has 0 spiro atoms. The highest BCUT2D eigenvalue weighted by atomic mass is 28.3. The number of nitrogens with zero attached hydrogens (tertiary/aromatic N) is 2. The summed E-state index contributed by atoms with van der Waals surface area (Å²) in [6, 6.07) is 11.8. The maximum atomic E-state index is 5.83. The molecule has 0 saturated carbocycles. The molecule has 0 N–H and O–H groups in total. The Hall–Kier alpha value is -1.94.